The Balaban J connectivity index is 1.43. The van der Waals surface area contributed by atoms with Crippen LogP contribution in [0.3, 0.4) is 0 Å². The molecule has 2 fully saturated rings. The molecule has 3 aliphatic rings. The minimum Gasteiger partial charge on any atom is -0.489 e. The molecule has 3 heterocycles. The SMILES string of the molecule is [2H]c1cc(C([2H])([2H])Oc2cccc3c2CN(C2CCC(=C)NC2=O)C3=O)c([2H])c([2H])c1C([2H])N1CCOCC1=O. The molecule has 5 rings (SSSR count). The van der Waals surface area contributed by atoms with Gasteiger partial charge in [0.1, 0.15) is 25.0 Å². The highest BCUT2D eigenvalue weighted by Gasteiger charge is 2.39. The monoisotopic (exact) mass is 467 g/mol. The third-order valence-corrected chi connectivity index (χ3v) is 5.93. The number of carbonyl (C=O) groups is 3. The van der Waals surface area contributed by atoms with Crippen molar-refractivity contribution >= 4 is 17.7 Å². The molecule has 2 saturated heterocycles. The number of nitrogens with one attached hydrogen (secondary N) is 1. The van der Waals surface area contributed by atoms with E-state index in [1.807, 2.05) is 0 Å². The van der Waals surface area contributed by atoms with Crippen molar-refractivity contribution in [2.75, 3.05) is 19.8 Å². The highest BCUT2D eigenvalue weighted by molar-refractivity contribution is 6.02. The van der Waals surface area contributed by atoms with Crippen molar-refractivity contribution < 1.29 is 32.1 Å². The van der Waals surface area contributed by atoms with Gasteiger partial charge in [-0.3, -0.25) is 14.4 Å². The zero-order valence-electron chi connectivity index (χ0n) is 24.3. The normalized spacial score (nSPS) is 24.3. The van der Waals surface area contributed by atoms with Crippen LogP contribution >= 0.6 is 0 Å². The molecule has 3 amide bonds. The van der Waals surface area contributed by atoms with Crippen molar-refractivity contribution in [2.24, 2.45) is 0 Å². The molecular formula is C26H27N3O5. The smallest absolute Gasteiger partial charge is 0.255 e. The highest BCUT2D eigenvalue weighted by Crippen LogP contribution is 2.34. The van der Waals surface area contributed by atoms with E-state index >= 15 is 0 Å². The summed E-state index contributed by atoms with van der Waals surface area (Å²) in [6.45, 7) is -0.279. The lowest BCUT2D eigenvalue weighted by atomic mass is 10.0. The fraction of sp³-hybridized carbons (Fsp3) is 0.346. The number of benzene rings is 2. The second-order valence-corrected chi connectivity index (χ2v) is 8.20. The predicted molar refractivity (Wildman–Crippen MR) is 124 cm³/mol. The molecule has 0 radical (unpaired) electrons. The van der Waals surface area contributed by atoms with Gasteiger partial charge in [0.15, 0.2) is 0 Å². The summed E-state index contributed by atoms with van der Waals surface area (Å²) >= 11 is 0. The topological polar surface area (TPSA) is 88.2 Å². The number of allylic oxidation sites excluding steroid dienone is 1. The molecule has 1 N–H and O–H groups in total. The molecule has 2 atom stereocenters. The summed E-state index contributed by atoms with van der Waals surface area (Å²) in [5.74, 6) is -1.18. The Kier molecular flexibility index (Phi) is 4.39. The number of morpholine rings is 1. The molecule has 2 aromatic rings. The predicted octanol–water partition coefficient (Wildman–Crippen LogP) is 2.37. The zero-order chi connectivity index (χ0) is 28.9. The molecule has 3 aliphatic heterocycles. The molecule has 0 aromatic heterocycles. The Morgan fingerprint density at radius 2 is 2.06 bits per heavy atom. The van der Waals surface area contributed by atoms with Crippen LogP contribution in [0.5, 0.6) is 5.75 Å². The van der Waals surface area contributed by atoms with Gasteiger partial charge < -0.3 is 24.6 Å². The Morgan fingerprint density at radius 1 is 1.21 bits per heavy atom. The standard InChI is InChI=1S/C26H27N3O5/c1-17-5-10-22(25(31)27-17)29-14-21-20(26(29)32)3-2-4-23(21)34-15-19-8-6-18(7-9-19)13-28-11-12-33-16-24(28)30/h2-4,6-9,22H,1,5,10-16H2,(H,27,31)/i6D,7D,8D,13D,15D2. The highest BCUT2D eigenvalue weighted by atomic mass is 16.5. The van der Waals surface area contributed by atoms with Gasteiger partial charge in [0.2, 0.25) is 11.8 Å². The fourth-order valence-corrected chi connectivity index (χ4v) is 4.15. The van der Waals surface area contributed by atoms with Crippen molar-refractivity contribution in [1.82, 2.24) is 15.1 Å². The van der Waals surface area contributed by atoms with Gasteiger partial charge in [-0.05, 0) is 36.1 Å². The fourth-order valence-electron chi connectivity index (χ4n) is 4.15. The Hall–Kier alpha value is -3.65. The Bertz CT molecular complexity index is 1430. The molecular weight excluding hydrogens is 434 g/mol. The van der Waals surface area contributed by atoms with E-state index in [0.717, 1.165) is 11.0 Å². The Labute approximate surface area is 206 Å². The summed E-state index contributed by atoms with van der Waals surface area (Å²) < 4.78 is 61.9. The minimum absolute atomic E-state index is 0.0130. The first kappa shape index (κ1) is 16.1. The summed E-state index contributed by atoms with van der Waals surface area (Å²) in [7, 11) is 0. The van der Waals surface area contributed by atoms with Crippen LogP contribution in [-0.2, 0) is 34.0 Å². The third kappa shape index (κ3) is 4.41. The maximum absolute atomic E-state index is 13.2. The number of rotatable bonds is 6. The van der Waals surface area contributed by atoms with Crippen molar-refractivity contribution in [2.45, 2.75) is 38.5 Å². The summed E-state index contributed by atoms with van der Waals surface area (Å²) in [4.78, 5) is 40.4. The van der Waals surface area contributed by atoms with E-state index < -0.39 is 42.7 Å². The van der Waals surface area contributed by atoms with Crippen molar-refractivity contribution in [1.29, 1.82) is 0 Å². The van der Waals surface area contributed by atoms with Crippen LogP contribution in [-0.4, -0.2) is 53.3 Å². The first-order chi connectivity index (χ1) is 18.9. The lowest BCUT2D eigenvalue weighted by molar-refractivity contribution is -0.143. The summed E-state index contributed by atoms with van der Waals surface area (Å²) in [6.07, 6.45) is 0.927. The van der Waals surface area contributed by atoms with Crippen LogP contribution in [0, 0.1) is 0 Å². The third-order valence-electron chi connectivity index (χ3n) is 5.93. The largest absolute Gasteiger partial charge is 0.489 e. The quantitative estimate of drug-likeness (QED) is 0.705. The van der Waals surface area contributed by atoms with Crippen molar-refractivity contribution in [3.63, 3.8) is 0 Å². The van der Waals surface area contributed by atoms with Crippen LogP contribution in [0.25, 0.3) is 0 Å². The number of piperidine rings is 1. The molecule has 0 spiro atoms. The summed E-state index contributed by atoms with van der Waals surface area (Å²) in [6, 6.07) is 3.35. The van der Waals surface area contributed by atoms with Crippen LogP contribution in [0.2, 0.25) is 0 Å². The molecule has 8 heteroatoms. The lowest BCUT2D eigenvalue weighted by Crippen LogP contribution is -2.49. The van der Waals surface area contributed by atoms with E-state index in [4.69, 9.17) is 17.7 Å². The second-order valence-electron chi connectivity index (χ2n) is 8.20. The molecule has 2 unspecified atom stereocenters. The van der Waals surface area contributed by atoms with Crippen LogP contribution in [0.15, 0.2) is 54.7 Å². The van der Waals surface area contributed by atoms with Gasteiger partial charge in [-0.25, -0.2) is 0 Å². The molecule has 0 aliphatic carbocycles. The molecule has 2 aromatic carbocycles. The average Bonchev–Trinajstić information content (AvgIpc) is 3.23. The number of fused-ring (bicyclic) bond motifs is 1. The number of amides is 3. The molecule has 0 saturated carbocycles. The molecule has 34 heavy (non-hydrogen) atoms. The van der Waals surface area contributed by atoms with E-state index in [1.54, 1.807) is 6.07 Å². The van der Waals surface area contributed by atoms with Gasteiger partial charge in [0.25, 0.3) is 5.91 Å². The van der Waals surface area contributed by atoms with E-state index in [2.05, 4.69) is 11.9 Å². The molecule has 8 nitrogen and oxygen atoms in total. The van der Waals surface area contributed by atoms with E-state index in [-0.39, 0.29) is 61.0 Å². The van der Waals surface area contributed by atoms with Crippen molar-refractivity contribution in [3.8, 4) is 5.75 Å². The first-order valence-electron chi connectivity index (χ1n) is 14.0. The zero-order valence-corrected chi connectivity index (χ0v) is 18.3. The van der Waals surface area contributed by atoms with Gasteiger partial charge in [0.05, 0.1) is 21.4 Å². The second kappa shape index (κ2) is 9.30. The minimum atomic E-state index is -2.70. The van der Waals surface area contributed by atoms with Crippen LogP contribution < -0.4 is 10.1 Å². The van der Waals surface area contributed by atoms with Gasteiger partial charge >= 0.3 is 0 Å². The maximum Gasteiger partial charge on any atom is 0.255 e. The lowest BCUT2D eigenvalue weighted by Gasteiger charge is -2.31. The molecule has 176 valence electrons. The number of hydrogen-bond donors (Lipinski definition) is 1. The van der Waals surface area contributed by atoms with Gasteiger partial charge in [-0.2, -0.15) is 0 Å². The van der Waals surface area contributed by atoms with Crippen LogP contribution in [0.4, 0.5) is 0 Å². The number of ether oxygens (including phenoxy) is 2. The number of carbonyl (C=O) groups excluding carboxylic acids is 3. The van der Waals surface area contributed by atoms with Gasteiger partial charge in [-0.15, -0.1) is 0 Å². The van der Waals surface area contributed by atoms with Crippen LogP contribution in [0.1, 0.15) is 48.1 Å². The average molecular weight is 468 g/mol. The van der Waals surface area contributed by atoms with Crippen molar-refractivity contribution in [3.05, 3.63) is 76.9 Å². The number of nitrogens with zero attached hydrogens (tertiary/aromatic N) is 2. The van der Waals surface area contributed by atoms with Gasteiger partial charge in [-0.1, -0.05) is 36.8 Å². The number of hydrogen-bond acceptors (Lipinski definition) is 5. The first-order valence-corrected chi connectivity index (χ1v) is 10.9. The summed E-state index contributed by atoms with van der Waals surface area (Å²) in [5, 5.41) is 2.66. The van der Waals surface area contributed by atoms with Gasteiger partial charge in [0, 0.05) is 29.9 Å². The summed E-state index contributed by atoms with van der Waals surface area (Å²) in [5.41, 5.74) is 0.619. The van der Waals surface area contributed by atoms with E-state index in [9.17, 15) is 14.4 Å². The Morgan fingerprint density at radius 3 is 2.88 bits per heavy atom. The van der Waals surface area contributed by atoms with E-state index in [0.29, 0.717) is 24.1 Å². The maximum atomic E-state index is 13.2. The molecule has 0 bridgehead atoms. The van der Waals surface area contributed by atoms with E-state index in [1.165, 1.54) is 17.0 Å².